The maximum atomic E-state index is 11.8. The number of rotatable bonds is 2. The highest BCUT2D eigenvalue weighted by Crippen LogP contribution is 2.10. The molecule has 0 aliphatic carbocycles. The molecule has 0 radical (unpaired) electrons. The maximum absolute atomic E-state index is 11.8. The molecule has 0 aromatic carbocycles. The van der Waals surface area contributed by atoms with E-state index >= 15 is 0 Å². The van der Waals surface area contributed by atoms with Gasteiger partial charge in [-0.3, -0.25) is 9.78 Å². The molecule has 1 aliphatic heterocycles. The summed E-state index contributed by atoms with van der Waals surface area (Å²) in [5.74, 6) is 1.96. The van der Waals surface area contributed by atoms with Crippen molar-refractivity contribution in [1.82, 2.24) is 10.3 Å². The molecule has 1 aliphatic rings. The highest BCUT2D eigenvalue weighted by molar-refractivity contribution is 7.99. The third-order valence-corrected chi connectivity index (χ3v) is 3.25. The van der Waals surface area contributed by atoms with Gasteiger partial charge >= 0.3 is 0 Å². The summed E-state index contributed by atoms with van der Waals surface area (Å²) in [6.07, 6.45) is 3.33. The summed E-state index contributed by atoms with van der Waals surface area (Å²) < 4.78 is 0. The molecule has 0 saturated carbocycles. The average Bonchev–Trinajstić information content (AvgIpc) is 2.31. The van der Waals surface area contributed by atoms with Crippen molar-refractivity contribution in [2.24, 2.45) is 0 Å². The zero-order valence-electron chi connectivity index (χ0n) is 8.27. The second-order valence-electron chi connectivity index (χ2n) is 3.31. The predicted octanol–water partition coefficient (Wildman–Crippen LogP) is 0.725. The van der Waals surface area contributed by atoms with Crippen LogP contribution in [0.5, 0.6) is 0 Å². The van der Waals surface area contributed by atoms with Gasteiger partial charge in [-0.2, -0.15) is 11.8 Å². The van der Waals surface area contributed by atoms with Gasteiger partial charge in [-0.15, -0.1) is 0 Å². The number of hydrogen-bond donors (Lipinski definition) is 2. The molecule has 1 atom stereocenters. The van der Waals surface area contributed by atoms with Gasteiger partial charge in [0.25, 0.3) is 0 Å². The van der Waals surface area contributed by atoms with Crippen LogP contribution in [-0.4, -0.2) is 35.0 Å². The van der Waals surface area contributed by atoms with E-state index in [2.05, 4.69) is 15.6 Å². The van der Waals surface area contributed by atoms with Crippen molar-refractivity contribution in [3.63, 3.8) is 0 Å². The number of aromatic nitrogens is 1. The Morgan fingerprint density at radius 3 is 3.00 bits per heavy atom. The SMILES string of the molecule is O=C(Nc1ccncc1)C1CSCCN1. The van der Waals surface area contributed by atoms with Crippen LogP contribution in [-0.2, 0) is 4.79 Å². The summed E-state index contributed by atoms with van der Waals surface area (Å²) >= 11 is 1.81. The summed E-state index contributed by atoms with van der Waals surface area (Å²) in [5.41, 5.74) is 0.798. The van der Waals surface area contributed by atoms with Gasteiger partial charge in [-0.25, -0.2) is 0 Å². The van der Waals surface area contributed by atoms with Gasteiger partial charge in [0, 0.05) is 36.1 Å². The number of carbonyl (C=O) groups is 1. The van der Waals surface area contributed by atoms with E-state index < -0.39 is 0 Å². The number of thioether (sulfide) groups is 1. The average molecular weight is 223 g/mol. The third-order valence-electron chi connectivity index (χ3n) is 2.19. The number of amides is 1. The number of nitrogens with one attached hydrogen (secondary N) is 2. The summed E-state index contributed by atoms with van der Waals surface area (Å²) in [6.45, 7) is 0.902. The molecule has 1 aromatic rings. The van der Waals surface area contributed by atoms with E-state index in [4.69, 9.17) is 0 Å². The molecule has 1 aromatic heterocycles. The molecule has 1 fully saturated rings. The van der Waals surface area contributed by atoms with Gasteiger partial charge in [0.05, 0.1) is 6.04 Å². The zero-order valence-corrected chi connectivity index (χ0v) is 9.09. The van der Waals surface area contributed by atoms with E-state index in [0.29, 0.717) is 0 Å². The van der Waals surface area contributed by atoms with Crippen molar-refractivity contribution in [3.8, 4) is 0 Å². The van der Waals surface area contributed by atoms with Crippen molar-refractivity contribution in [2.45, 2.75) is 6.04 Å². The van der Waals surface area contributed by atoms with Crippen LogP contribution in [0.4, 0.5) is 5.69 Å². The summed E-state index contributed by atoms with van der Waals surface area (Å²) in [5, 5.41) is 6.05. The first kappa shape index (κ1) is 10.4. The Hall–Kier alpha value is -1.07. The van der Waals surface area contributed by atoms with Crippen LogP contribution >= 0.6 is 11.8 Å². The monoisotopic (exact) mass is 223 g/mol. The van der Waals surface area contributed by atoms with Crippen molar-refractivity contribution < 1.29 is 4.79 Å². The van der Waals surface area contributed by atoms with Crippen LogP contribution in [0.15, 0.2) is 24.5 Å². The van der Waals surface area contributed by atoms with Gasteiger partial charge in [0.15, 0.2) is 0 Å². The molecule has 0 spiro atoms. The van der Waals surface area contributed by atoms with Crippen molar-refractivity contribution in [3.05, 3.63) is 24.5 Å². The molecule has 2 rings (SSSR count). The number of hydrogen-bond acceptors (Lipinski definition) is 4. The molecule has 1 amide bonds. The molecule has 1 unspecified atom stereocenters. The lowest BCUT2D eigenvalue weighted by Gasteiger charge is -2.22. The largest absolute Gasteiger partial charge is 0.325 e. The van der Waals surface area contributed by atoms with Crippen LogP contribution in [0.1, 0.15) is 0 Å². The van der Waals surface area contributed by atoms with E-state index in [1.165, 1.54) is 0 Å². The van der Waals surface area contributed by atoms with Crippen LogP contribution in [0.2, 0.25) is 0 Å². The number of anilines is 1. The lowest BCUT2D eigenvalue weighted by Crippen LogP contribution is -2.46. The smallest absolute Gasteiger partial charge is 0.242 e. The topological polar surface area (TPSA) is 54.0 Å². The lowest BCUT2D eigenvalue weighted by molar-refractivity contribution is -0.117. The van der Waals surface area contributed by atoms with Gasteiger partial charge < -0.3 is 10.6 Å². The number of pyridine rings is 1. The minimum atomic E-state index is -0.0723. The summed E-state index contributed by atoms with van der Waals surface area (Å²) in [6, 6.07) is 3.50. The Morgan fingerprint density at radius 2 is 2.33 bits per heavy atom. The third kappa shape index (κ3) is 2.94. The van der Waals surface area contributed by atoms with Gasteiger partial charge in [0.1, 0.15) is 0 Å². The number of carbonyl (C=O) groups excluding carboxylic acids is 1. The minimum Gasteiger partial charge on any atom is -0.325 e. The minimum absolute atomic E-state index is 0.0356. The molecular weight excluding hydrogens is 210 g/mol. The van der Waals surface area contributed by atoms with Crippen LogP contribution < -0.4 is 10.6 Å². The zero-order chi connectivity index (χ0) is 10.5. The second kappa shape index (κ2) is 5.14. The molecule has 0 bridgehead atoms. The Labute approximate surface area is 92.9 Å². The van der Waals surface area contributed by atoms with Crippen LogP contribution in [0.25, 0.3) is 0 Å². The predicted molar refractivity (Wildman–Crippen MR) is 62.0 cm³/mol. The van der Waals surface area contributed by atoms with E-state index in [-0.39, 0.29) is 11.9 Å². The quantitative estimate of drug-likeness (QED) is 0.776. The molecule has 1 saturated heterocycles. The summed E-state index contributed by atoms with van der Waals surface area (Å²) in [7, 11) is 0. The second-order valence-corrected chi connectivity index (χ2v) is 4.46. The van der Waals surface area contributed by atoms with E-state index in [9.17, 15) is 4.79 Å². The maximum Gasteiger partial charge on any atom is 0.242 e. The fourth-order valence-corrected chi connectivity index (χ4v) is 2.33. The van der Waals surface area contributed by atoms with E-state index in [1.807, 2.05) is 0 Å². The molecule has 5 heteroatoms. The molecule has 80 valence electrons. The van der Waals surface area contributed by atoms with Gasteiger partial charge in [-0.05, 0) is 12.1 Å². The fraction of sp³-hybridized carbons (Fsp3) is 0.400. The first-order valence-corrected chi connectivity index (χ1v) is 6.04. The van der Waals surface area contributed by atoms with E-state index in [1.54, 1.807) is 36.3 Å². The first-order chi connectivity index (χ1) is 7.36. The molecule has 15 heavy (non-hydrogen) atoms. The Kier molecular flexibility index (Phi) is 3.58. The first-order valence-electron chi connectivity index (χ1n) is 4.88. The Bertz CT molecular complexity index is 325. The van der Waals surface area contributed by atoms with Crippen molar-refractivity contribution >= 4 is 23.4 Å². The molecule has 2 N–H and O–H groups in total. The van der Waals surface area contributed by atoms with Crippen LogP contribution in [0.3, 0.4) is 0 Å². The molecule has 4 nitrogen and oxygen atoms in total. The van der Waals surface area contributed by atoms with Gasteiger partial charge in [0.2, 0.25) is 5.91 Å². The van der Waals surface area contributed by atoms with Crippen molar-refractivity contribution in [2.75, 3.05) is 23.4 Å². The van der Waals surface area contributed by atoms with E-state index in [0.717, 1.165) is 23.7 Å². The van der Waals surface area contributed by atoms with Crippen molar-refractivity contribution in [1.29, 1.82) is 0 Å². The Morgan fingerprint density at radius 1 is 1.53 bits per heavy atom. The Balaban J connectivity index is 1.91. The standard InChI is InChI=1S/C10H13N3OS/c14-10(9-7-15-6-5-12-9)13-8-1-3-11-4-2-8/h1-4,9,12H,5-7H2,(H,11,13,14). The fourth-order valence-electron chi connectivity index (χ4n) is 1.40. The van der Waals surface area contributed by atoms with Gasteiger partial charge in [-0.1, -0.05) is 0 Å². The molecular formula is C10H13N3OS. The number of nitrogens with zero attached hydrogens (tertiary/aromatic N) is 1. The highest BCUT2D eigenvalue weighted by atomic mass is 32.2. The summed E-state index contributed by atoms with van der Waals surface area (Å²) in [4.78, 5) is 15.7. The normalized spacial score (nSPS) is 20.9. The highest BCUT2D eigenvalue weighted by Gasteiger charge is 2.20. The van der Waals surface area contributed by atoms with Crippen LogP contribution in [0, 0.1) is 0 Å². The lowest BCUT2D eigenvalue weighted by atomic mass is 10.3. The molecule has 2 heterocycles.